The largest absolute Gasteiger partial charge is 0.497 e. The first-order valence-electron chi connectivity index (χ1n) is 10.9. The number of carbonyl (C=O) groups excluding carboxylic acids is 2. The van der Waals surface area contributed by atoms with Crippen molar-refractivity contribution in [3.05, 3.63) is 59.7 Å². The zero-order valence-corrected chi connectivity index (χ0v) is 18.7. The molecule has 0 saturated carbocycles. The average molecular weight is 427 g/mol. The van der Waals surface area contributed by atoms with Crippen molar-refractivity contribution in [2.75, 3.05) is 58.7 Å². The number of quaternary nitrogens is 2. The van der Waals surface area contributed by atoms with E-state index in [9.17, 15) is 9.59 Å². The molecule has 31 heavy (non-hydrogen) atoms. The molecule has 1 unspecified atom stereocenters. The summed E-state index contributed by atoms with van der Waals surface area (Å²) in [4.78, 5) is 29.3. The van der Waals surface area contributed by atoms with Crippen molar-refractivity contribution in [2.45, 2.75) is 13.5 Å². The highest BCUT2D eigenvalue weighted by atomic mass is 16.5. The Bertz CT molecular complexity index is 877. The molecule has 1 fully saturated rings. The van der Waals surface area contributed by atoms with Crippen LogP contribution in [0.5, 0.6) is 5.75 Å². The van der Waals surface area contributed by atoms with Gasteiger partial charge in [-0.05, 0) is 36.8 Å². The van der Waals surface area contributed by atoms with E-state index in [-0.39, 0.29) is 18.4 Å². The quantitative estimate of drug-likeness (QED) is 0.527. The number of benzene rings is 2. The maximum absolute atomic E-state index is 12.7. The standard InChI is InChI=1S/C24H32N4O3/c1-19-6-4-5-7-20(19)16-27-12-14-28(15-13-27)24(30)18-26(2)17-23(29)25-21-8-10-22(31-3)11-9-21/h4-11H,12-18H2,1-3H3,(H,25,29)/p+2. The van der Waals surface area contributed by atoms with Gasteiger partial charge in [0.05, 0.1) is 40.3 Å². The van der Waals surface area contributed by atoms with Gasteiger partial charge in [-0.15, -0.1) is 0 Å². The van der Waals surface area contributed by atoms with E-state index in [0.29, 0.717) is 6.54 Å². The van der Waals surface area contributed by atoms with Gasteiger partial charge >= 0.3 is 0 Å². The Kier molecular flexibility index (Phi) is 8.03. The molecular formula is C24H34N4O3+2. The lowest BCUT2D eigenvalue weighted by Crippen LogP contribution is -3.14. The molecule has 1 heterocycles. The Balaban J connectivity index is 1.39. The van der Waals surface area contributed by atoms with Crippen molar-refractivity contribution in [1.29, 1.82) is 0 Å². The summed E-state index contributed by atoms with van der Waals surface area (Å²) in [6.45, 7) is 7.17. The minimum Gasteiger partial charge on any atom is -0.497 e. The van der Waals surface area contributed by atoms with Crippen molar-refractivity contribution in [3.63, 3.8) is 0 Å². The Morgan fingerprint density at radius 1 is 1.06 bits per heavy atom. The minimum atomic E-state index is -0.108. The van der Waals surface area contributed by atoms with E-state index >= 15 is 0 Å². The van der Waals surface area contributed by atoms with Crippen LogP contribution in [0.1, 0.15) is 11.1 Å². The Labute approximate surface area is 184 Å². The molecule has 0 spiro atoms. The molecule has 0 radical (unpaired) electrons. The number of ether oxygens (including phenoxy) is 1. The number of hydrogen-bond donors (Lipinski definition) is 3. The number of anilines is 1. The molecule has 1 atom stereocenters. The predicted octanol–water partition coefficient (Wildman–Crippen LogP) is -0.616. The third-order valence-corrected chi connectivity index (χ3v) is 5.81. The zero-order chi connectivity index (χ0) is 22.2. The van der Waals surface area contributed by atoms with E-state index < -0.39 is 0 Å². The first-order valence-corrected chi connectivity index (χ1v) is 10.9. The van der Waals surface area contributed by atoms with Gasteiger partial charge in [0.2, 0.25) is 0 Å². The molecule has 3 N–H and O–H groups in total. The number of nitrogens with zero attached hydrogens (tertiary/aromatic N) is 1. The van der Waals surface area contributed by atoms with Crippen LogP contribution >= 0.6 is 0 Å². The number of methoxy groups -OCH3 is 1. The summed E-state index contributed by atoms with van der Waals surface area (Å²) in [5.74, 6) is 0.750. The van der Waals surface area contributed by atoms with E-state index in [2.05, 4.69) is 36.5 Å². The molecule has 1 aliphatic heterocycles. The van der Waals surface area contributed by atoms with Crippen LogP contribution in [-0.2, 0) is 16.1 Å². The van der Waals surface area contributed by atoms with E-state index in [1.54, 1.807) is 31.4 Å². The summed E-state index contributed by atoms with van der Waals surface area (Å²) in [6, 6.07) is 15.7. The molecule has 166 valence electrons. The van der Waals surface area contributed by atoms with Gasteiger partial charge in [-0.3, -0.25) is 9.59 Å². The van der Waals surface area contributed by atoms with E-state index in [1.165, 1.54) is 16.0 Å². The van der Waals surface area contributed by atoms with Crippen molar-refractivity contribution >= 4 is 17.5 Å². The maximum atomic E-state index is 12.7. The van der Waals surface area contributed by atoms with Crippen LogP contribution in [0, 0.1) is 6.92 Å². The molecule has 3 rings (SSSR count). The lowest BCUT2D eigenvalue weighted by Gasteiger charge is -2.32. The summed E-state index contributed by atoms with van der Waals surface area (Å²) in [7, 11) is 3.49. The second-order valence-corrected chi connectivity index (χ2v) is 8.32. The molecule has 2 amide bonds. The number of aryl methyl sites for hydroxylation is 1. The van der Waals surface area contributed by atoms with Crippen LogP contribution in [0.4, 0.5) is 5.69 Å². The number of likely N-dealkylation sites (N-methyl/N-ethyl adjacent to an activating group) is 1. The lowest BCUT2D eigenvalue weighted by molar-refractivity contribution is -0.917. The van der Waals surface area contributed by atoms with Crippen LogP contribution < -0.4 is 19.9 Å². The summed E-state index contributed by atoms with van der Waals surface area (Å²) < 4.78 is 5.12. The Morgan fingerprint density at radius 3 is 2.39 bits per heavy atom. The van der Waals surface area contributed by atoms with Gasteiger partial charge in [-0.1, -0.05) is 24.3 Å². The van der Waals surface area contributed by atoms with Gasteiger partial charge in [0.25, 0.3) is 11.8 Å². The normalized spacial score (nSPS) is 15.4. The third kappa shape index (κ3) is 6.80. The van der Waals surface area contributed by atoms with Crippen molar-refractivity contribution < 1.29 is 24.1 Å². The Morgan fingerprint density at radius 2 is 1.74 bits per heavy atom. The van der Waals surface area contributed by atoms with Gasteiger partial charge < -0.3 is 24.8 Å². The molecule has 7 nitrogen and oxygen atoms in total. The van der Waals surface area contributed by atoms with Gasteiger partial charge in [0.1, 0.15) is 12.3 Å². The second kappa shape index (κ2) is 10.9. The second-order valence-electron chi connectivity index (χ2n) is 8.32. The van der Waals surface area contributed by atoms with Crippen LogP contribution in [-0.4, -0.2) is 70.1 Å². The monoisotopic (exact) mass is 426 g/mol. The van der Waals surface area contributed by atoms with Crippen LogP contribution in [0.3, 0.4) is 0 Å². The molecular weight excluding hydrogens is 392 g/mol. The highest BCUT2D eigenvalue weighted by Gasteiger charge is 2.26. The predicted molar refractivity (Wildman–Crippen MR) is 120 cm³/mol. The maximum Gasteiger partial charge on any atom is 0.279 e. The van der Waals surface area contributed by atoms with Crippen LogP contribution in [0.25, 0.3) is 0 Å². The summed E-state index contributed by atoms with van der Waals surface area (Å²) in [6.07, 6.45) is 0. The first kappa shape index (κ1) is 22.8. The van der Waals surface area contributed by atoms with E-state index in [0.717, 1.165) is 49.1 Å². The average Bonchev–Trinajstić information content (AvgIpc) is 2.76. The topological polar surface area (TPSA) is 67.5 Å². The van der Waals surface area contributed by atoms with Gasteiger partial charge in [0.15, 0.2) is 13.1 Å². The molecule has 1 aliphatic rings. The number of rotatable bonds is 8. The third-order valence-electron chi connectivity index (χ3n) is 5.81. The molecule has 1 saturated heterocycles. The minimum absolute atomic E-state index is 0.108. The molecule has 2 aromatic rings. The van der Waals surface area contributed by atoms with Gasteiger partial charge in [-0.2, -0.15) is 0 Å². The fourth-order valence-corrected chi connectivity index (χ4v) is 3.91. The highest BCUT2D eigenvalue weighted by molar-refractivity contribution is 5.91. The van der Waals surface area contributed by atoms with Crippen molar-refractivity contribution in [1.82, 2.24) is 4.90 Å². The smallest absolute Gasteiger partial charge is 0.279 e. The number of amides is 2. The van der Waals surface area contributed by atoms with Crippen LogP contribution in [0.15, 0.2) is 48.5 Å². The molecule has 0 aromatic heterocycles. The fraction of sp³-hybridized carbons (Fsp3) is 0.417. The summed E-state index contributed by atoms with van der Waals surface area (Å²) >= 11 is 0. The van der Waals surface area contributed by atoms with Crippen molar-refractivity contribution in [2.24, 2.45) is 0 Å². The molecule has 2 aromatic carbocycles. The van der Waals surface area contributed by atoms with Gasteiger partial charge in [-0.25, -0.2) is 0 Å². The zero-order valence-electron chi connectivity index (χ0n) is 18.7. The first-order chi connectivity index (χ1) is 14.9. The number of nitrogens with one attached hydrogen (secondary N) is 3. The Hall–Kier alpha value is -2.90. The lowest BCUT2D eigenvalue weighted by atomic mass is 10.1. The number of carbonyl (C=O) groups is 2. The molecule has 7 heteroatoms. The van der Waals surface area contributed by atoms with E-state index in [1.807, 2.05) is 11.9 Å². The highest BCUT2D eigenvalue weighted by Crippen LogP contribution is 2.14. The molecule has 0 bridgehead atoms. The fourth-order valence-electron chi connectivity index (χ4n) is 3.91. The van der Waals surface area contributed by atoms with Crippen LogP contribution in [0.2, 0.25) is 0 Å². The van der Waals surface area contributed by atoms with Crippen molar-refractivity contribution in [3.8, 4) is 5.75 Å². The van der Waals surface area contributed by atoms with E-state index in [4.69, 9.17) is 4.74 Å². The molecule has 0 aliphatic carbocycles. The summed E-state index contributed by atoms with van der Waals surface area (Å²) in [5, 5.41) is 2.87. The number of hydrogen-bond acceptors (Lipinski definition) is 3. The summed E-state index contributed by atoms with van der Waals surface area (Å²) in [5.41, 5.74) is 3.42. The SMILES string of the molecule is COc1ccc(NC(=O)C[NH+](C)CC(=O)N2CC[NH+](Cc3ccccc3C)CC2)cc1. The number of piperazine rings is 1. The van der Waals surface area contributed by atoms with Gasteiger partial charge in [0, 0.05) is 11.3 Å².